The number of nitrogens with one attached hydrogen (secondary N) is 1. The number of hydrogen-bond acceptors (Lipinski definition) is 5. The van der Waals surface area contributed by atoms with Crippen molar-refractivity contribution in [3.05, 3.63) is 0 Å². The Hall–Kier alpha value is -1.02. The van der Waals surface area contributed by atoms with Gasteiger partial charge in [0, 0.05) is 19.1 Å². The van der Waals surface area contributed by atoms with Gasteiger partial charge in [0.25, 0.3) is 5.91 Å². The summed E-state index contributed by atoms with van der Waals surface area (Å²) in [4.78, 5) is 27.3. The number of piperidine rings is 1. The van der Waals surface area contributed by atoms with Crippen LogP contribution in [-0.2, 0) is 9.53 Å². The molecule has 0 aliphatic carbocycles. The Balaban J connectivity index is 1.92. The smallest absolute Gasteiger partial charge is 0.409 e. The lowest BCUT2D eigenvalue weighted by molar-refractivity contribution is -0.129. The van der Waals surface area contributed by atoms with Gasteiger partial charge in [-0.2, -0.15) is 11.8 Å². The van der Waals surface area contributed by atoms with Crippen LogP contribution in [0.2, 0.25) is 0 Å². The number of thioether (sulfide) groups is 1. The van der Waals surface area contributed by atoms with Crippen molar-refractivity contribution in [3.8, 4) is 0 Å². The number of ether oxygens (including phenoxy) is 1. The number of likely N-dealkylation sites (tertiary alicyclic amines) is 1. The molecule has 2 rings (SSSR count). The highest BCUT2D eigenvalue weighted by molar-refractivity contribution is 7.98. The number of carbonyl (C=O) groups is 2. The second-order valence-corrected chi connectivity index (χ2v) is 6.55. The van der Waals surface area contributed by atoms with E-state index in [4.69, 9.17) is 17.0 Å². The van der Waals surface area contributed by atoms with Crippen LogP contribution in [0.4, 0.5) is 4.79 Å². The van der Waals surface area contributed by atoms with Crippen LogP contribution >= 0.6 is 24.0 Å². The summed E-state index contributed by atoms with van der Waals surface area (Å²) in [5.74, 6) is 1.01. The predicted molar refractivity (Wildman–Crippen MR) is 86.4 cm³/mol. The minimum absolute atomic E-state index is 0.0746. The van der Waals surface area contributed by atoms with Gasteiger partial charge in [-0.15, -0.1) is 0 Å². The highest BCUT2D eigenvalue weighted by Crippen LogP contribution is 2.22. The third-order valence-electron chi connectivity index (χ3n) is 3.93. The van der Waals surface area contributed by atoms with Gasteiger partial charge in [-0.1, -0.05) is 0 Å². The van der Waals surface area contributed by atoms with Crippen molar-refractivity contribution in [1.82, 2.24) is 15.1 Å². The molecule has 0 aromatic rings. The second kappa shape index (κ2) is 7.31. The van der Waals surface area contributed by atoms with Crippen molar-refractivity contribution in [2.45, 2.75) is 31.3 Å². The Bertz CT molecular complexity index is 425. The van der Waals surface area contributed by atoms with Gasteiger partial charge in [-0.25, -0.2) is 4.79 Å². The fourth-order valence-corrected chi connectivity index (χ4v) is 3.61. The zero-order valence-corrected chi connectivity index (χ0v) is 14.0. The molecule has 2 heterocycles. The third kappa shape index (κ3) is 3.60. The fraction of sp³-hybridized carbons (Fsp3) is 0.769. The molecule has 118 valence electrons. The summed E-state index contributed by atoms with van der Waals surface area (Å²) in [5.41, 5.74) is 0. The normalized spacial score (nSPS) is 23.4. The molecule has 21 heavy (non-hydrogen) atoms. The Morgan fingerprint density at radius 1 is 1.48 bits per heavy atom. The topological polar surface area (TPSA) is 61.9 Å². The maximum atomic E-state index is 12.5. The molecular weight excluding hydrogens is 310 g/mol. The first kappa shape index (κ1) is 16.4. The van der Waals surface area contributed by atoms with E-state index in [1.807, 2.05) is 6.26 Å². The van der Waals surface area contributed by atoms with E-state index in [0.29, 0.717) is 18.2 Å². The molecule has 0 unspecified atom stereocenters. The number of thiocarbonyl (C=S) groups is 1. The van der Waals surface area contributed by atoms with Crippen molar-refractivity contribution < 1.29 is 14.3 Å². The van der Waals surface area contributed by atoms with E-state index >= 15 is 0 Å². The first-order valence-electron chi connectivity index (χ1n) is 7.04. The van der Waals surface area contributed by atoms with Crippen LogP contribution in [0.1, 0.15) is 19.3 Å². The summed E-state index contributed by atoms with van der Waals surface area (Å²) < 4.78 is 4.72. The van der Waals surface area contributed by atoms with Gasteiger partial charge < -0.3 is 15.0 Å². The average molecular weight is 331 g/mol. The SMILES string of the molecule is COC(=O)N1CCC(N2C(=O)[C@H](CCSC)NC2=S)CC1. The lowest BCUT2D eigenvalue weighted by Crippen LogP contribution is -2.49. The van der Waals surface area contributed by atoms with Crippen LogP contribution < -0.4 is 5.32 Å². The molecule has 0 aromatic carbocycles. The second-order valence-electron chi connectivity index (χ2n) is 5.18. The first-order chi connectivity index (χ1) is 10.1. The quantitative estimate of drug-likeness (QED) is 0.777. The van der Waals surface area contributed by atoms with Crippen LogP contribution in [-0.4, -0.2) is 71.2 Å². The fourth-order valence-electron chi connectivity index (χ4n) is 2.76. The minimum Gasteiger partial charge on any atom is -0.453 e. The number of amides is 2. The van der Waals surface area contributed by atoms with Gasteiger partial charge in [0.1, 0.15) is 6.04 Å². The highest BCUT2D eigenvalue weighted by atomic mass is 32.2. The summed E-state index contributed by atoms with van der Waals surface area (Å²) in [6.45, 7) is 1.19. The van der Waals surface area contributed by atoms with Gasteiger partial charge in [0.2, 0.25) is 0 Å². The zero-order valence-electron chi connectivity index (χ0n) is 12.3. The molecule has 0 spiro atoms. The van der Waals surface area contributed by atoms with Crippen LogP contribution in [0.25, 0.3) is 0 Å². The molecular formula is C13H21N3O3S2. The number of carbonyl (C=O) groups excluding carboxylic acids is 2. The van der Waals surface area contributed by atoms with E-state index in [2.05, 4.69) is 5.32 Å². The van der Waals surface area contributed by atoms with Gasteiger partial charge >= 0.3 is 6.09 Å². The minimum atomic E-state index is -0.306. The lowest BCUT2D eigenvalue weighted by Gasteiger charge is -2.35. The van der Waals surface area contributed by atoms with E-state index in [1.165, 1.54) is 7.11 Å². The Morgan fingerprint density at radius 3 is 2.71 bits per heavy atom. The van der Waals surface area contributed by atoms with Crippen LogP contribution in [0.5, 0.6) is 0 Å². The molecule has 0 bridgehead atoms. The largest absolute Gasteiger partial charge is 0.453 e. The molecule has 8 heteroatoms. The maximum Gasteiger partial charge on any atom is 0.409 e. The van der Waals surface area contributed by atoms with Gasteiger partial charge in [0.05, 0.1) is 7.11 Å². The molecule has 0 aromatic heterocycles. The molecule has 0 radical (unpaired) electrons. The number of rotatable bonds is 4. The number of methoxy groups -OCH3 is 1. The predicted octanol–water partition coefficient (Wildman–Crippen LogP) is 1.06. The van der Waals surface area contributed by atoms with Gasteiger partial charge in [-0.05, 0) is 43.5 Å². The average Bonchev–Trinajstić information content (AvgIpc) is 2.79. The van der Waals surface area contributed by atoms with Gasteiger partial charge in [-0.3, -0.25) is 9.69 Å². The zero-order chi connectivity index (χ0) is 15.4. The summed E-state index contributed by atoms with van der Waals surface area (Å²) in [6.07, 6.45) is 3.98. The standard InChI is InChI=1S/C13H21N3O3S2/c1-19-13(18)15-6-3-9(4-7-15)16-11(17)10(5-8-21-2)14-12(16)20/h9-10H,3-8H2,1-2H3,(H,14,20)/t10-/m0/s1. The van der Waals surface area contributed by atoms with E-state index in [1.54, 1.807) is 21.6 Å². The summed E-state index contributed by atoms with van der Waals surface area (Å²) in [7, 11) is 1.38. The Morgan fingerprint density at radius 2 is 2.14 bits per heavy atom. The Labute approximate surface area is 134 Å². The highest BCUT2D eigenvalue weighted by Gasteiger charge is 2.40. The van der Waals surface area contributed by atoms with E-state index in [9.17, 15) is 9.59 Å². The molecule has 2 fully saturated rings. The molecule has 6 nitrogen and oxygen atoms in total. The summed E-state index contributed by atoms with van der Waals surface area (Å²) in [5, 5.41) is 3.65. The van der Waals surface area contributed by atoms with Crippen molar-refractivity contribution >= 4 is 41.1 Å². The molecule has 2 aliphatic heterocycles. The molecule has 0 saturated carbocycles. The first-order valence-corrected chi connectivity index (χ1v) is 8.84. The van der Waals surface area contributed by atoms with Crippen molar-refractivity contribution in [1.29, 1.82) is 0 Å². The molecule has 1 N–H and O–H groups in total. The summed E-state index contributed by atoms with van der Waals surface area (Å²) in [6, 6.07) is -0.110. The van der Waals surface area contributed by atoms with E-state index in [-0.39, 0.29) is 24.1 Å². The van der Waals surface area contributed by atoms with Crippen LogP contribution in [0.3, 0.4) is 0 Å². The molecule has 2 aliphatic rings. The monoisotopic (exact) mass is 331 g/mol. The van der Waals surface area contributed by atoms with E-state index in [0.717, 1.165) is 25.0 Å². The van der Waals surface area contributed by atoms with Crippen molar-refractivity contribution in [2.24, 2.45) is 0 Å². The molecule has 2 saturated heterocycles. The van der Waals surface area contributed by atoms with Crippen molar-refractivity contribution in [3.63, 3.8) is 0 Å². The number of hydrogen-bond donors (Lipinski definition) is 1. The van der Waals surface area contributed by atoms with Crippen molar-refractivity contribution in [2.75, 3.05) is 32.2 Å². The third-order valence-corrected chi connectivity index (χ3v) is 4.88. The maximum absolute atomic E-state index is 12.5. The number of nitrogens with zero attached hydrogens (tertiary/aromatic N) is 2. The molecule has 2 amide bonds. The van der Waals surface area contributed by atoms with E-state index < -0.39 is 0 Å². The molecule has 1 atom stereocenters. The van der Waals surface area contributed by atoms with Gasteiger partial charge in [0.15, 0.2) is 5.11 Å². The van der Waals surface area contributed by atoms with Crippen LogP contribution in [0.15, 0.2) is 0 Å². The summed E-state index contributed by atoms with van der Waals surface area (Å²) >= 11 is 7.03. The van der Waals surface area contributed by atoms with Crippen LogP contribution in [0, 0.1) is 0 Å². The Kier molecular flexibility index (Phi) is 5.69. The lowest BCUT2D eigenvalue weighted by atomic mass is 10.0.